The number of urea groups is 1. The average molecular weight is 257 g/mol. The van der Waals surface area contributed by atoms with E-state index in [9.17, 15) is 9.59 Å². The average Bonchev–Trinajstić information content (AvgIpc) is 2.74. The Labute approximate surface area is 103 Å². The van der Waals surface area contributed by atoms with Crippen LogP contribution in [0, 0.1) is 0 Å². The molecule has 0 radical (unpaired) electrons. The molecule has 1 rings (SSSR count). The first-order valence-electron chi connectivity index (χ1n) is 5.23. The molecule has 17 heavy (non-hydrogen) atoms. The lowest BCUT2D eigenvalue weighted by Crippen LogP contribution is -2.44. The molecule has 2 amide bonds. The Morgan fingerprint density at radius 1 is 1.59 bits per heavy atom. The first kappa shape index (κ1) is 13.4. The standard InChI is InChI=1S/C10H15N3O3S/c1-3-7-5-17-8(13-7)4-11-10(16)12-6(2)9(14)15/h5-6H,3-4H2,1-2H3,(H,14,15)(H2,11,12,16). The minimum Gasteiger partial charge on any atom is -0.480 e. The van der Waals surface area contributed by atoms with Gasteiger partial charge >= 0.3 is 12.0 Å². The van der Waals surface area contributed by atoms with Gasteiger partial charge in [0.25, 0.3) is 0 Å². The van der Waals surface area contributed by atoms with Gasteiger partial charge in [-0.25, -0.2) is 9.78 Å². The topological polar surface area (TPSA) is 91.3 Å². The number of carbonyl (C=O) groups is 2. The van der Waals surface area contributed by atoms with E-state index < -0.39 is 18.0 Å². The summed E-state index contributed by atoms with van der Waals surface area (Å²) in [5.74, 6) is -1.07. The molecule has 1 aromatic heterocycles. The Hall–Kier alpha value is -1.63. The molecular weight excluding hydrogens is 242 g/mol. The van der Waals surface area contributed by atoms with E-state index >= 15 is 0 Å². The van der Waals surface area contributed by atoms with Crippen molar-refractivity contribution in [3.05, 3.63) is 16.1 Å². The second kappa shape index (κ2) is 6.19. The van der Waals surface area contributed by atoms with Gasteiger partial charge in [-0.1, -0.05) is 6.92 Å². The third-order valence-corrected chi connectivity index (χ3v) is 2.98. The van der Waals surface area contributed by atoms with Crippen LogP contribution in [0.15, 0.2) is 5.38 Å². The number of hydrogen-bond acceptors (Lipinski definition) is 4. The van der Waals surface area contributed by atoms with E-state index in [1.165, 1.54) is 18.3 Å². The molecule has 1 atom stereocenters. The number of nitrogens with one attached hydrogen (secondary N) is 2. The second-order valence-electron chi connectivity index (χ2n) is 3.47. The van der Waals surface area contributed by atoms with Crippen molar-refractivity contribution >= 4 is 23.3 Å². The monoisotopic (exact) mass is 257 g/mol. The van der Waals surface area contributed by atoms with E-state index in [1.807, 2.05) is 12.3 Å². The fraction of sp³-hybridized carbons (Fsp3) is 0.500. The zero-order chi connectivity index (χ0) is 12.8. The van der Waals surface area contributed by atoms with Gasteiger partial charge in [0.15, 0.2) is 0 Å². The lowest BCUT2D eigenvalue weighted by atomic mass is 10.3. The maximum atomic E-state index is 11.3. The number of hydrogen-bond donors (Lipinski definition) is 3. The number of aliphatic carboxylic acids is 1. The van der Waals surface area contributed by atoms with E-state index in [-0.39, 0.29) is 0 Å². The van der Waals surface area contributed by atoms with Gasteiger partial charge < -0.3 is 15.7 Å². The quantitative estimate of drug-likeness (QED) is 0.733. The van der Waals surface area contributed by atoms with Crippen molar-refractivity contribution in [2.75, 3.05) is 0 Å². The third kappa shape index (κ3) is 4.39. The highest BCUT2D eigenvalue weighted by Crippen LogP contribution is 2.09. The van der Waals surface area contributed by atoms with Crippen LogP contribution in [0.3, 0.4) is 0 Å². The molecule has 3 N–H and O–H groups in total. The van der Waals surface area contributed by atoms with Crippen molar-refractivity contribution < 1.29 is 14.7 Å². The Morgan fingerprint density at radius 2 is 2.29 bits per heavy atom. The summed E-state index contributed by atoms with van der Waals surface area (Å²) >= 11 is 1.47. The van der Waals surface area contributed by atoms with Crippen molar-refractivity contribution in [1.29, 1.82) is 0 Å². The number of carboxylic acid groups (broad SMARTS) is 1. The predicted molar refractivity (Wildman–Crippen MR) is 64.0 cm³/mol. The molecule has 6 nitrogen and oxygen atoms in total. The molecule has 94 valence electrons. The van der Waals surface area contributed by atoms with Crippen LogP contribution in [-0.4, -0.2) is 28.1 Å². The second-order valence-corrected chi connectivity index (χ2v) is 4.42. The van der Waals surface area contributed by atoms with Crippen LogP contribution in [0.1, 0.15) is 24.5 Å². The summed E-state index contributed by atoms with van der Waals surface area (Å²) in [6, 6.07) is -1.41. The molecule has 0 bridgehead atoms. The zero-order valence-corrected chi connectivity index (χ0v) is 10.5. The van der Waals surface area contributed by atoms with Crippen molar-refractivity contribution in [1.82, 2.24) is 15.6 Å². The van der Waals surface area contributed by atoms with Crippen LogP contribution < -0.4 is 10.6 Å². The minimum absolute atomic E-state index is 0.308. The molecule has 0 fully saturated rings. The summed E-state index contributed by atoms with van der Waals surface area (Å²) in [7, 11) is 0. The normalized spacial score (nSPS) is 11.9. The lowest BCUT2D eigenvalue weighted by Gasteiger charge is -2.09. The van der Waals surface area contributed by atoms with Gasteiger partial charge in [-0.05, 0) is 13.3 Å². The molecule has 0 aliphatic heterocycles. The number of carbonyl (C=O) groups excluding carboxylic acids is 1. The number of nitrogens with zero attached hydrogens (tertiary/aromatic N) is 1. The van der Waals surface area contributed by atoms with E-state index in [2.05, 4.69) is 15.6 Å². The van der Waals surface area contributed by atoms with Crippen LogP contribution in [0.5, 0.6) is 0 Å². The summed E-state index contributed by atoms with van der Waals surface area (Å²) in [5, 5.41) is 16.2. The molecule has 0 aliphatic carbocycles. The summed E-state index contributed by atoms with van der Waals surface area (Å²) in [6.45, 7) is 3.72. The highest BCUT2D eigenvalue weighted by molar-refractivity contribution is 7.09. The predicted octanol–water partition coefficient (Wildman–Crippen LogP) is 0.978. The van der Waals surface area contributed by atoms with E-state index in [0.717, 1.165) is 17.1 Å². The molecule has 1 unspecified atom stereocenters. The molecule has 0 spiro atoms. The number of aryl methyl sites for hydroxylation is 1. The number of carboxylic acids is 1. The Morgan fingerprint density at radius 3 is 2.82 bits per heavy atom. The van der Waals surface area contributed by atoms with Crippen LogP contribution in [0.25, 0.3) is 0 Å². The fourth-order valence-corrected chi connectivity index (χ4v) is 1.87. The Bertz CT molecular complexity index is 405. The molecule has 0 aromatic carbocycles. The Balaban J connectivity index is 2.35. The van der Waals surface area contributed by atoms with Crippen LogP contribution in [-0.2, 0) is 17.8 Å². The highest BCUT2D eigenvalue weighted by atomic mass is 32.1. The first-order chi connectivity index (χ1) is 8.02. The summed E-state index contributed by atoms with van der Waals surface area (Å²) in [5.41, 5.74) is 0.992. The largest absolute Gasteiger partial charge is 0.480 e. The van der Waals surface area contributed by atoms with E-state index in [4.69, 9.17) is 5.11 Å². The molecule has 0 aliphatic rings. The lowest BCUT2D eigenvalue weighted by molar-refractivity contribution is -0.138. The number of aromatic nitrogens is 1. The van der Waals surface area contributed by atoms with Gasteiger partial charge in [-0.3, -0.25) is 4.79 Å². The van der Waals surface area contributed by atoms with Gasteiger partial charge in [0.05, 0.1) is 12.2 Å². The van der Waals surface area contributed by atoms with E-state index in [1.54, 1.807) is 0 Å². The van der Waals surface area contributed by atoms with Gasteiger partial charge in [-0.15, -0.1) is 11.3 Å². The highest BCUT2D eigenvalue weighted by Gasteiger charge is 2.13. The fourth-order valence-electron chi connectivity index (χ4n) is 1.06. The Kier molecular flexibility index (Phi) is 4.89. The molecule has 0 saturated carbocycles. The van der Waals surface area contributed by atoms with Gasteiger partial charge in [0, 0.05) is 5.38 Å². The third-order valence-electron chi connectivity index (χ3n) is 2.08. The minimum atomic E-state index is -1.07. The summed E-state index contributed by atoms with van der Waals surface area (Å²) < 4.78 is 0. The van der Waals surface area contributed by atoms with Crippen molar-refractivity contribution in [2.24, 2.45) is 0 Å². The molecule has 7 heteroatoms. The smallest absolute Gasteiger partial charge is 0.325 e. The van der Waals surface area contributed by atoms with Crippen molar-refractivity contribution in [3.8, 4) is 0 Å². The molecule has 1 aromatic rings. The van der Waals surface area contributed by atoms with Crippen LogP contribution >= 0.6 is 11.3 Å². The van der Waals surface area contributed by atoms with Gasteiger partial charge in [0.2, 0.25) is 0 Å². The maximum Gasteiger partial charge on any atom is 0.325 e. The zero-order valence-electron chi connectivity index (χ0n) is 9.69. The first-order valence-corrected chi connectivity index (χ1v) is 6.11. The maximum absolute atomic E-state index is 11.3. The molecular formula is C10H15N3O3S. The van der Waals surface area contributed by atoms with Crippen LogP contribution in [0.4, 0.5) is 4.79 Å². The summed E-state index contributed by atoms with van der Waals surface area (Å²) in [6.07, 6.45) is 0.860. The number of amides is 2. The number of rotatable bonds is 5. The molecule has 1 heterocycles. The van der Waals surface area contributed by atoms with Gasteiger partial charge in [0.1, 0.15) is 11.0 Å². The van der Waals surface area contributed by atoms with Crippen LogP contribution in [0.2, 0.25) is 0 Å². The van der Waals surface area contributed by atoms with Crippen molar-refractivity contribution in [2.45, 2.75) is 32.9 Å². The molecule has 0 saturated heterocycles. The van der Waals surface area contributed by atoms with Gasteiger partial charge in [-0.2, -0.15) is 0 Å². The number of thiazole rings is 1. The SMILES string of the molecule is CCc1csc(CNC(=O)NC(C)C(=O)O)n1. The van der Waals surface area contributed by atoms with Crippen molar-refractivity contribution in [3.63, 3.8) is 0 Å². The van der Waals surface area contributed by atoms with E-state index in [0.29, 0.717) is 6.54 Å². The summed E-state index contributed by atoms with van der Waals surface area (Å²) in [4.78, 5) is 26.1.